The molecule has 0 radical (unpaired) electrons. The number of hydrogen-bond donors (Lipinski definition) is 0. The molecule has 0 amide bonds. The molecule has 3 heteroatoms. The highest BCUT2D eigenvalue weighted by Crippen LogP contribution is 2.47. The quantitative estimate of drug-likeness (QED) is 0.692. The van der Waals surface area contributed by atoms with Crippen LogP contribution in [0.5, 0.6) is 0 Å². The zero-order chi connectivity index (χ0) is 9.42. The molecule has 0 saturated heterocycles. The molecule has 1 heterocycles. The number of hydrogen-bond acceptors (Lipinski definition) is 1. The fourth-order valence-corrected chi connectivity index (χ4v) is 3.62. The average molecular weight is 280 g/mol. The highest BCUT2D eigenvalue weighted by atomic mass is 79.9. The van der Waals surface area contributed by atoms with Crippen LogP contribution in [0.2, 0.25) is 4.34 Å². The lowest BCUT2D eigenvalue weighted by Gasteiger charge is -2.15. The summed E-state index contributed by atoms with van der Waals surface area (Å²) in [5, 5.41) is 0. The molecule has 0 N–H and O–H groups in total. The van der Waals surface area contributed by atoms with Gasteiger partial charge in [-0.25, -0.2) is 0 Å². The first-order chi connectivity index (χ1) is 6.18. The molecule has 0 nitrogen and oxygen atoms in total. The second-order valence-corrected chi connectivity index (χ2v) is 6.47. The van der Waals surface area contributed by atoms with Gasteiger partial charge in [-0.15, -0.1) is 11.3 Å². The summed E-state index contributed by atoms with van der Waals surface area (Å²) in [4.78, 5) is 1.86. The van der Waals surface area contributed by atoms with Crippen molar-refractivity contribution in [1.82, 2.24) is 0 Å². The first-order valence-corrected chi connectivity index (χ1v) is 6.69. The minimum absolute atomic E-state index is 0.498. The van der Waals surface area contributed by atoms with E-state index in [1.807, 2.05) is 6.07 Å². The predicted molar refractivity (Wildman–Crippen MR) is 62.9 cm³/mol. The summed E-state index contributed by atoms with van der Waals surface area (Å²) < 4.78 is 0.891. The van der Waals surface area contributed by atoms with Gasteiger partial charge in [-0.2, -0.15) is 0 Å². The molecule has 1 aliphatic rings. The molecule has 2 atom stereocenters. The van der Waals surface area contributed by atoms with Crippen LogP contribution in [0.25, 0.3) is 0 Å². The average Bonchev–Trinajstić information content (AvgIpc) is 2.87. The Kier molecular flexibility index (Phi) is 3.01. The topological polar surface area (TPSA) is 0 Å². The van der Waals surface area contributed by atoms with E-state index in [1.54, 1.807) is 11.3 Å². The lowest BCUT2D eigenvalue weighted by molar-refractivity contribution is 0.507. The molecule has 1 saturated carbocycles. The van der Waals surface area contributed by atoms with Gasteiger partial charge in [-0.3, -0.25) is 0 Å². The van der Waals surface area contributed by atoms with Gasteiger partial charge in [0.05, 0.1) is 9.16 Å². The Balaban J connectivity index is 2.06. The Morgan fingerprint density at radius 2 is 2.23 bits per heavy atom. The zero-order valence-electron chi connectivity index (χ0n) is 7.47. The molecule has 0 aromatic carbocycles. The summed E-state index contributed by atoms with van der Waals surface area (Å²) in [7, 11) is 0. The van der Waals surface area contributed by atoms with E-state index >= 15 is 0 Å². The van der Waals surface area contributed by atoms with Crippen LogP contribution in [-0.2, 0) is 0 Å². The maximum atomic E-state index is 5.90. The van der Waals surface area contributed by atoms with Crippen molar-refractivity contribution >= 4 is 38.9 Å². The van der Waals surface area contributed by atoms with Crippen molar-refractivity contribution in [2.75, 3.05) is 0 Å². The van der Waals surface area contributed by atoms with E-state index in [0.717, 1.165) is 16.2 Å². The second kappa shape index (κ2) is 3.92. The Hall–Kier alpha value is 0.470. The van der Waals surface area contributed by atoms with Gasteiger partial charge in [-0.1, -0.05) is 34.5 Å². The summed E-state index contributed by atoms with van der Waals surface area (Å²) in [6, 6.07) is 4.11. The van der Waals surface area contributed by atoms with Crippen molar-refractivity contribution in [3.63, 3.8) is 0 Å². The summed E-state index contributed by atoms with van der Waals surface area (Å²) >= 11 is 11.3. The van der Waals surface area contributed by atoms with Gasteiger partial charge in [0.25, 0.3) is 0 Å². The van der Waals surface area contributed by atoms with Crippen molar-refractivity contribution in [1.29, 1.82) is 0 Å². The van der Waals surface area contributed by atoms with Crippen molar-refractivity contribution in [2.24, 2.45) is 11.8 Å². The third-order valence-electron chi connectivity index (χ3n) is 2.69. The van der Waals surface area contributed by atoms with Gasteiger partial charge in [0.15, 0.2) is 0 Å². The Bertz CT molecular complexity index is 293. The van der Waals surface area contributed by atoms with E-state index in [1.165, 1.54) is 17.7 Å². The lowest BCUT2D eigenvalue weighted by Crippen LogP contribution is -2.03. The fraction of sp³-hybridized carbons (Fsp3) is 0.600. The molecular formula is C10H12BrClS. The lowest BCUT2D eigenvalue weighted by atomic mass is 10.0. The Morgan fingerprint density at radius 1 is 1.54 bits per heavy atom. The third kappa shape index (κ3) is 2.28. The Labute approximate surface area is 96.4 Å². The van der Waals surface area contributed by atoms with Gasteiger partial charge in [0.2, 0.25) is 0 Å². The molecule has 0 aliphatic heterocycles. The Morgan fingerprint density at radius 3 is 2.69 bits per heavy atom. The molecule has 2 rings (SSSR count). The molecule has 72 valence electrons. The number of alkyl halides is 1. The minimum Gasteiger partial charge on any atom is -0.127 e. The normalized spacial score (nSPS) is 21.5. The van der Waals surface area contributed by atoms with E-state index < -0.39 is 0 Å². The van der Waals surface area contributed by atoms with Crippen LogP contribution in [0.4, 0.5) is 0 Å². The maximum absolute atomic E-state index is 5.90. The molecule has 0 bridgehead atoms. The van der Waals surface area contributed by atoms with Crippen LogP contribution in [0, 0.1) is 11.8 Å². The first-order valence-electron chi connectivity index (χ1n) is 4.58. The van der Waals surface area contributed by atoms with Crippen molar-refractivity contribution in [3.05, 3.63) is 21.3 Å². The third-order valence-corrected chi connectivity index (χ3v) is 5.64. The van der Waals surface area contributed by atoms with Gasteiger partial charge in [0.1, 0.15) is 0 Å². The summed E-state index contributed by atoms with van der Waals surface area (Å²) in [6.07, 6.45) is 2.81. The van der Waals surface area contributed by atoms with Gasteiger partial charge in [-0.05, 0) is 36.8 Å². The van der Waals surface area contributed by atoms with Crippen molar-refractivity contribution < 1.29 is 0 Å². The number of rotatable bonds is 3. The monoisotopic (exact) mass is 278 g/mol. The van der Waals surface area contributed by atoms with Crippen LogP contribution < -0.4 is 0 Å². The molecule has 1 fully saturated rings. The molecule has 13 heavy (non-hydrogen) atoms. The standard InChI is InChI=1S/C10H12BrClS/c1-6(7-2-3-7)10(11)8-4-5-9(12)13-8/h4-7,10H,2-3H2,1H3. The van der Waals surface area contributed by atoms with Crippen LogP contribution >= 0.6 is 38.9 Å². The second-order valence-electron chi connectivity index (χ2n) is 3.74. The predicted octanol–water partition coefficient (Wildman–Crippen LogP) is 4.88. The minimum atomic E-state index is 0.498. The van der Waals surface area contributed by atoms with Crippen LogP contribution in [0.1, 0.15) is 29.5 Å². The van der Waals surface area contributed by atoms with Crippen LogP contribution in [0.15, 0.2) is 12.1 Å². The smallest absolute Gasteiger partial charge is 0.0931 e. The largest absolute Gasteiger partial charge is 0.127 e. The highest BCUT2D eigenvalue weighted by molar-refractivity contribution is 9.09. The van der Waals surface area contributed by atoms with Crippen LogP contribution in [0.3, 0.4) is 0 Å². The van der Waals surface area contributed by atoms with Crippen LogP contribution in [-0.4, -0.2) is 0 Å². The molecule has 2 unspecified atom stereocenters. The van der Waals surface area contributed by atoms with Gasteiger partial charge >= 0.3 is 0 Å². The fourth-order valence-electron chi connectivity index (χ4n) is 1.60. The van der Waals surface area contributed by atoms with Gasteiger partial charge < -0.3 is 0 Å². The summed E-state index contributed by atoms with van der Waals surface area (Å²) in [5.41, 5.74) is 0. The summed E-state index contributed by atoms with van der Waals surface area (Å²) in [6.45, 7) is 2.32. The first kappa shape index (κ1) is 10.0. The van der Waals surface area contributed by atoms with Crippen molar-refractivity contribution in [2.45, 2.75) is 24.6 Å². The zero-order valence-corrected chi connectivity index (χ0v) is 10.6. The SMILES string of the molecule is CC(C1CC1)C(Br)c1ccc(Cl)s1. The molecular weight excluding hydrogens is 268 g/mol. The molecule has 0 spiro atoms. The number of thiophene rings is 1. The van der Waals surface area contributed by atoms with Gasteiger partial charge in [0, 0.05) is 4.88 Å². The molecule has 1 aromatic rings. The van der Waals surface area contributed by atoms with E-state index in [-0.39, 0.29) is 0 Å². The molecule has 1 aliphatic carbocycles. The molecule has 1 aromatic heterocycles. The van der Waals surface area contributed by atoms with E-state index in [9.17, 15) is 0 Å². The van der Waals surface area contributed by atoms with E-state index in [4.69, 9.17) is 11.6 Å². The highest BCUT2D eigenvalue weighted by Gasteiger charge is 2.33. The van der Waals surface area contributed by atoms with E-state index in [0.29, 0.717) is 4.83 Å². The van der Waals surface area contributed by atoms with E-state index in [2.05, 4.69) is 28.9 Å². The summed E-state index contributed by atoms with van der Waals surface area (Å²) in [5.74, 6) is 1.68. The van der Waals surface area contributed by atoms with Crippen molar-refractivity contribution in [3.8, 4) is 0 Å². The maximum Gasteiger partial charge on any atom is 0.0931 e. The number of halogens is 2.